The van der Waals surface area contributed by atoms with Gasteiger partial charge in [0.05, 0.1) is 11.9 Å². The minimum atomic E-state index is -3.71. The molecule has 4 rings (SSSR count). The van der Waals surface area contributed by atoms with Crippen molar-refractivity contribution in [2.24, 2.45) is 0 Å². The van der Waals surface area contributed by atoms with Gasteiger partial charge in [0.25, 0.3) is 0 Å². The van der Waals surface area contributed by atoms with Crippen LogP contribution in [-0.2, 0) is 14.8 Å². The van der Waals surface area contributed by atoms with Crippen molar-refractivity contribution >= 4 is 27.3 Å². The maximum Gasteiger partial charge on any atom is 0.245 e. The Balaban J connectivity index is 1.51. The number of rotatable bonds is 8. The Kier molecular flexibility index (Phi) is 6.94. The zero-order chi connectivity index (χ0) is 24.0. The van der Waals surface area contributed by atoms with Crippen LogP contribution < -0.4 is 14.4 Å². The van der Waals surface area contributed by atoms with Gasteiger partial charge in [0.2, 0.25) is 15.9 Å². The smallest absolute Gasteiger partial charge is 0.245 e. The summed E-state index contributed by atoms with van der Waals surface area (Å²) >= 11 is 0. The summed E-state index contributed by atoms with van der Waals surface area (Å²) in [6.07, 6.45) is 1.08. The quantitative estimate of drug-likeness (QED) is 0.365. The molecule has 0 spiro atoms. The molecule has 0 heterocycles. The molecule has 0 saturated carbocycles. The topological polar surface area (TPSA) is 75.7 Å². The van der Waals surface area contributed by atoms with Gasteiger partial charge in [-0.2, -0.15) is 0 Å². The molecule has 4 aromatic carbocycles. The molecular formula is C27H24N2O4S. The van der Waals surface area contributed by atoms with Crippen LogP contribution in [0, 0.1) is 0 Å². The van der Waals surface area contributed by atoms with Crippen LogP contribution in [0.5, 0.6) is 11.5 Å². The number of carbonyl (C=O) groups is 1. The summed E-state index contributed by atoms with van der Waals surface area (Å²) in [5.74, 6) is 0.787. The summed E-state index contributed by atoms with van der Waals surface area (Å²) in [6.45, 7) is -0.360. The van der Waals surface area contributed by atoms with E-state index in [0.29, 0.717) is 22.9 Å². The van der Waals surface area contributed by atoms with Gasteiger partial charge in [-0.15, -0.1) is 0 Å². The molecule has 1 N–H and O–H groups in total. The van der Waals surface area contributed by atoms with Crippen molar-refractivity contribution in [1.29, 1.82) is 0 Å². The number of benzene rings is 4. The maximum absolute atomic E-state index is 12.9. The van der Waals surface area contributed by atoms with Gasteiger partial charge in [0, 0.05) is 11.3 Å². The van der Waals surface area contributed by atoms with Crippen molar-refractivity contribution in [3.05, 3.63) is 109 Å². The van der Waals surface area contributed by atoms with Crippen molar-refractivity contribution in [1.82, 2.24) is 0 Å². The van der Waals surface area contributed by atoms with Gasteiger partial charge in [0.15, 0.2) is 0 Å². The number of nitrogens with one attached hydrogen (secondary N) is 1. The molecule has 0 atom stereocenters. The Morgan fingerprint density at radius 1 is 0.765 bits per heavy atom. The third-order valence-electron chi connectivity index (χ3n) is 5.08. The highest BCUT2D eigenvalue weighted by Gasteiger charge is 2.21. The summed E-state index contributed by atoms with van der Waals surface area (Å²) in [5.41, 5.74) is 2.78. The first-order valence-corrected chi connectivity index (χ1v) is 12.5. The fourth-order valence-corrected chi connectivity index (χ4v) is 4.34. The highest BCUT2D eigenvalue weighted by atomic mass is 32.2. The molecule has 0 unspecified atom stereocenters. The Bertz CT molecular complexity index is 1360. The first-order chi connectivity index (χ1) is 16.4. The van der Waals surface area contributed by atoms with Crippen LogP contribution in [0.2, 0.25) is 0 Å². The summed E-state index contributed by atoms with van der Waals surface area (Å²) in [7, 11) is -3.71. The first kappa shape index (κ1) is 23.1. The Morgan fingerprint density at radius 3 is 1.97 bits per heavy atom. The second-order valence-electron chi connectivity index (χ2n) is 7.64. The summed E-state index contributed by atoms with van der Waals surface area (Å²) in [4.78, 5) is 12.9. The molecule has 0 fully saturated rings. The lowest BCUT2D eigenvalue weighted by Crippen LogP contribution is -2.37. The van der Waals surface area contributed by atoms with Gasteiger partial charge >= 0.3 is 0 Å². The largest absolute Gasteiger partial charge is 0.457 e. The predicted octanol–water partition coefficient (Wildman–Crippen LogP) is 5.55. The van der Waals surface area contributed by atoms with Crippen LogP contribution >= 0.6 is 0 Å². The average molecular weight is 473 g/mol. The fraction of sp³-hybridized carbons (Fsp3) is 0.0741. The van der Waals surface area contributed by atoms with Crippen molar-refractivity contribution in [2.75, 3.05) is 22.4 Å². The molecule has 0 radical (unpaired) electrons. The molecule has 6 nitrogen and oxygen atoms in total. The molecule has 0 aliphatic heterocycles. The van der Waals surface area contributed by atoms with Crippen LogP contribution in [0.25, 0.3) is 11.1 Å². The zero-order valence-corrected chi connectivity index (χ0v) is 19.4. The molecule has 0 aromatic heterocycles. The molecule has 0 aliphatic carbocycles. The highest BCUT2D eigenvalue weighted by Crippen LogP contribution is 2.28. The minimum absolute atomic E-state index is 0.360. The summed E-state index contributed by atoms with van der Waals surface area (Å²) in [6, 6.07) is 32.9. The van der Waals surface area contributed by atoms with Crippen molar-refractivity contribution < 1.29 is 17.9 Å². The monoisotopic (exact) mass is 472 g/mol. The summed E-state index contributed by atoms with van der Waals surface area (Å²) in [5, 5.41) is 2.86. The van der Waals surface area contributed by atoms with Crippen LogP contribution in [0.3, 0.4) is 0 Å². The van der Waals surface area contributed by atoms with E-state index in [4.69, 9.17) is 4.74 Å². The average Bonchev–Trinajstić information content (AvgIpc) is 2.84. The number of anilines is 2. The molecule has 172 valence electrons. The summed E-state index contributed by atoms with van der Waals surface area (Å²) < 4.78 is 31.8. The molecule has 0 aliphatic rings. The second kappa shape index (κ2) is 10.2. The van der Waals surface area contributed by atoms with E-state index in [1.165, 1.54) is 0 Å². The minimum Gasteiger partial charge on any atom is -0.457 e. The van der Waals surface area contributed by atoms with E-state index in [9.17, 15) is 13.2 Å². The Hall–Kier alpha value is -4.10. The first-order valence-electron chi connectivity index (χ1n) is 10.7. The van der Waals surface area contributed by atoms with E-state index in [-0.39, 0.29) is 6.54 Å². The predicted molar refractivity (Wildman–Crippen MR) is 136 cm³/mol. The van der Waals surface area contributed by atoms with E-state index >= 15 is 0 Å². The number of hydrogen-bond acceptors (Lipinski definition) is 4. The second-order valence-corrected chi connectivity index (χ2v) is 9.55. The molecule has 7 heteroatoms. The van der Waals surface area contributed by atoms with Crippen LogP contribution in [-0.4, -0.2) is 27.1 Å². The number of hydrogen-bond donors (Lipinski definition) is 1. The number of sulfonamides is 1. The van der Waals surface area contributed by atoms with E-state index in [1.807, 2.05) is 78.9 Å². The maximum atomic E-state index is 12.9. The van der Waals surface area contributed by atoms with Crippen LogP contribution in [0.15, 0.2) is 109 Å². The van der Waals surface area contributed by atoms with Gasteiger partial charge in [-0.3, -0.25) is 9.10 Å². The van der Waals surface area contributed by atoms with Gasteiger partial charge in [-0.1, -0.05) is 66.7 Å². The number of carbonyl (C=O) groups excluding carboxylic acids is 1. The Labute approximate surface area is 199 Å². The van der Waals surface area contributed by atoms with E-state index in [0.717, 1.165) is 21.7 Å². The SMILES string of the molecule is CS(=O)(=O)N(CC(=O)Nc1ccccc1-c1ccccc1)c1ccc(Oc2ccccc2)cc1. The molecular weight excluding hydrogens is 448 g/mol. The standard InChI is InChI=1S/C27H24N2O4S/c1-34(31,32)29(22-16-18-24(19-17-22)33-23-12-6-3-7-13-23)20-27(30)28-26-15-9-8-14-25(26)21-10-4-2-5-11-21/h2-19H,20H2,1H3,(H,28,30). The molecule has 0 bridgehead atoms. The van der Waals surface area contributed by atoms with Gasteiger partial charge < -0.3 is 10.1 Å². The molecule has 4 aromatic rings. The number of nitrogens with zero attached hydrogens (tertiary/aromatic N) is 1. The number of amides is 1. The van der Waals surface area contributed by atoms with Crippen molar-refractivity contribution in [3.63, 3.8) is 0 Å². The third-order valence-corrected chi connectivity index (χ3v) is 6.22. The Morgan fingerprint density at radius 2 is 1.32 bits per heavy atom. The molecule has 34 heavy (non-hydrogen) atoms. The third kappa shape index (κ3) is 5.82. The lowest BCUT2D eigenvalue weighted by Gasteiger charge is -2.22. The lowest BCUT2D eigenvalue weighted by molar-refractivity contribution is -0.114. The molecule has 1 amide bonds. The fourth-order valence-electron chi connectivity index (χ4n) is 3.49. The van der Waals surface area contributed by atoms with E-state index in [1.54, 1.807) is 30.3 Å². The van der Waals surface area contributed by atoms with Crippen LogP contribution in [0.1, 0.15) is 0 Å². The van der Waals surface area contributed by atoms with E-state index in [2.05, 4.69) is 5.32 Å². The van der Waals surface area contributed by atoms with Crippen LogP contribution in [0.4, 0.5) is 11.4 Å². The molecule has 0 saturated heterocycles. The van der Waals surface area contributed by atoms with Gasteiger partial charge in [-0.25, -0.2) is 8.42 Å². The normalized spacial score (nSPS) is 11.0. The number of para-hydroxylation sites is 2. The van der Waals surface area contributed by atoms with Crippen molar-refractivity contribution in [3.8, 4) is 22.6 Å². The van der Waals surface area contributed by atoms with E-state index < -0.39 is 15.9 Å². The van der Waals surface area contributed by atoms with Crippen molar-refractivity contribution in [2.45, 2.75) is 0 Å². The zero-order valence-electron chi connectivity index (χ0n) is 18.6. The number of ether oxygens (including phenoxy) is 1. The highest BCUT2D eigenvalue weighted by molar-refractivity contribution is 7.92. The van der Waals surface area contributed by atoms with Gasteiger partial charge in [0.1, 0.15) is 18.0 Å². The lowest BCUT2D eigenvalue weighted by atomic mass is 10.0. The van der Waals surface area contributed by atoms with Gasteiger partial charge in [-0.05, 0) is 48.0 Å².